The smallest absolute Gasteiger partial charge is 0.306 e. The van der Waals surface area contributed by atoms with Crippen molar-refractivity contribution in [1.29, 1.82) is 0 Å². The van der Waals surface area contributed by atoms with Gasteiger partial charge < -0.3 is 24.4 Å². The Morgan fingerprint density at radius 2 is 1.88 bits per heavy atom. The van der Waals surface area contributed by atoms with E-state index in [1.807, 2.05) is 30.4 Å². The molecule has 0 bridgehead atoms. The fourth-order valence-corrected chi connectivity index (χ4v) is 10.3. The molecule has 1 aromatic heterocycles. The number of ether oxygens (including phenoxy) is 3. The number of aryl methyl sites for hydroxylation is 1. The molecule has 302 valence electrons. The van der Waals surface area contributed by atoms with Gasteiger partial charge in [0.05, 0.1) is 42.1 Å². The van der Waals surface area contributed by atoms with Gasteiger partial charge in [-0.1, -0.05) is 25.0 Å². The van der Waals surface area contributed by atoms with Crippen molar-refractivity contribution >= 4 is 44.6 Å². The van der Waals surface area contributed by atoms with E-state index in [0.29, 0.717) is 44.3 Å². The summed E-state index contributed by atoms with van der Waals surface area (Å²) in [6.45, 7) is 5.26. The molecule has 14 heteroatoms. The van der Waals surface area contributed by atoms with Gasteiger partial charge in [-0.2, -0.15) is 0 Å². The molecule has 0 unspecified atom stereocenters. The van der Waals surface area contributed by atoms with E-state index in [2.05, 4.69) is 10.0 Å². The first-order valence-corrected chi connectivity index (χ1v) is 21.9. The zero-order valence-corrected chi connectivity index (χ0v) is 33.7. The average molecular weight is 791 g/mol. The average Bonchev–Trinajstić information content (AvgIpc) is 4.09. The Morgan fingerprint density at radius 1 is 1.09 bits per heavy atom. The maximum Gasteiger partial charge on any atom is 0.306 e. The number of aromatic nitrogens is 1. The SMILES string of the molecule is COc1ccc2c3c(c(C4CC4)nc2c1)O[C@]1(CC3)C[C@H]2C(=O)N[C@]3(C(=O)NS(=O)(=O)C4(C)CC4)C[C@H]3/C=C\CCCCC[C@H](CC(=O)OC(C)C)C(=O)N2C1. The number of amides is 3. The predicted molar refractivity (Wildman–Crippen MR) is 207 cm³/mol. The number of hydrogen-bond donors (Lipinski definition) is 2. The first-order chi connectivity index (χ1) is 26.7. The van der Waals surface area contributed by atoms with E-state index in [1.54, 1.807) is 32.8 Å². The summed E-state index contributed by atoms with van der Waals surface area (Å²) in [6.07, 6.45) is 11.4. The molecule has 8 rings (SSSR count). The number of methoxy groups -OCH3 is 1. The number of rotatable bonds is 8. The number of carbonyl (C=O) groups is 4. The normalized spacial score (nSPS) is 30.5. The summed E-state index contributed by atoms with van der Waals surface area (Å²) >= 11 is 0. The summed E-state index contributed by atoms with van der Waals surface area (Å²) in [5.74, 6) is -1.56. The standard InChI is InChI=1S/C42H54N4O9S/c1-25(2)54-34(47)20-27-10-8-6-5-7-9-11-28-22-42(28,39(50)45-56(51,52)40(3)18-19-40)44-37(48)33-23-41(24-46(33)38(27)49)17-16-31-30-15-14-29(53-4)21-32(30)43-35(26-12-13-26)36(31)55-41/h9,11,14-15,21,25-28,33H,5-8,10,12-13,16-20,22-24H2,1-4H3,(H,44,48)(H,45,50)/b11-9-/t27-,28-,33+,41-,42-/m1/s1. The summed E-state index contributed by atoms with van der Waals surface area (Å²) < 4.78 is 45.8. The van der Waals surface area contributed by atoms with Crippen LogP contribution in [-0.4, -0.2) is 83.7 Å². The zero-order valence-electron chi connectivity index (χ0n) is 32.9. The maximum absolute atomic E-state index is 14.8. The summed E-state index contributed by atoms with van der Waals surface area (Å²) in [5, 5.41) is 3.96. The molecule has 3 aliphatic heterocycles. The fraction of sp³-hybridized carbons (Fsp3) is 0.643. The van der Waals surface area contributed by atoms with Gasteiger partial charge in [0.2, 0.25) is 21.8 Å². The third-order valence-corrected chi connectivity index (χ3v) is 15.1. The van der Waals surface area contributed by atoms with E-state index >= 15 is 0 Å². The molecule has 4 fully saturated rings. The summed E-state index contributed by atoms with van der Waals surface area (Å²) in [6, 6.07) is 4.82. The van der Waals surface area contributed by atoms with Gasteiger partial charge in [0.15, 0.2) is 0 Å². The van der Waals surface area contributed by atoms with Gasteiger partial charge in [0.1, 0.15) is 28.7 Å². The number of fused-ring (bicyclic) bond motifs is 5. The molecule has 3 amide bonds. The van der Waals surface area contributed by atoms with Gasteiger partial charge in [0.25, 0.3) is 5.91 Å². The molecule has 2 N–H and O–H groups in total. The molecule has 5 atom stereocenters. The lowest BCUT2D eigenvalue weighted by Crippen LogP contribution is -2.57. The van der Waals surface area contributed by atoms with Crippen molar-refractivity contribution in [2.45, 2.75) is 145 Å². The second-order valence-corrected chi connectivity index (χ2v) is 19.8. The quantitative estimate of drug-likeness (QED) is 0.270. The second kappa shape index (κ2) is 14.3. The van der Waals surface area contributed by atoms with Crippen LogP contribution in [-0.2, 0) is 40.4 Å². The van der Waals surface area contributed by atoms with Gasteiger partial charge in [-0.15, -0.1) is 0 Å². The summed E-state index contributed by atoms with van der Waals surface area (Å²) in [5.41, 5.74) is 0.340. The van der Waals surface area contributed by atoms with Crippen molar-refractivity contribution in [1.82, 2.24) is 19.9 Å². The first kappa shape index (κ1) is 38.7. The highest BCUT2D eigenvalue weighted by molar-refractivity contribution is 7.91. The predicted octanol–water partition coefficient (Wildman–Crippen LogP) is 5.14. The highest BCUT2D eigenvalue weighted by Gasteiger charge is 2.64. The summed E-state index contributed by atoms with van der Waals surface area (Å²) in [7, 11) is -2.35. The number of carbonyl (C=O) groups excluding carboxylic acids is 4. The van der Waals surface area contributed by atoms with Crippen LogP contribution in [0.4, 0.5) is 0 Å². The number of allylic oxidation sites excluding steroid dienone is 1. The minimum Gasteiger partial charge on any atom is -0.497 e. The van der Waals surface area contributed by atoms with Crippen LogP contribution in [0, 0.1) is 11.8 Å². The molecule has 1 spiro atoms. The molecule has 13 nitrogen and oxygen atoms in total. The van der Waals surface area contributed by atoms with Crippen LogP contribution >= 0.6 is 0 Å². The van der Waals surface area contributed by atoms with E-state index in [0.717, 1.165) is 60.0 Å². The number of pyridine rings is 1. The van der Waals surface area contributed by atoms with E-state index in [9.17, 15) is 27.6 Å². The molecule has 6 aliphatic rings. The van der Waals surface area contributed by atoms with Crippen LogP contribution in [0.25, 0.3) is 10.9 Å². The first-order valence-electron chi connectivity index (χ1n) is 20.4. The van der Waals surface area contributed by atoms with Crippen LogP contribution in [0.15, 0.2) is 30.4 Å². The molecule has 1 saturated heterocycles. The van der Waals surface area contributed by atoms with E-state index in [-0.39, 0.29) is 43.7 Å². The molecule has 3 aliphatic carbocycles. The number of nitrogens with zero attached hydrogens (tertiary/aromatic N) is 2. The van der Waals surface area contributed by atoms with Crippen molar-refractivity contribution in [3.05, 3.63) is 41.6 Å². The molecule has 2 aromatic rings. The van der Waals surface area contributed by atoms with Crippen LogP contribution in [0.2, 0.25) is 0 Å². The third-order valence-electron chi connectivity index (χ3n) is 12.9. The van der Waals surface area contributed by atoms with Gasteiger partial charge in [-0.25, -0.2) is 13.4 Å². The van der Waals surface area contributed by atoms with Crippen LogP contribution in [0.1, 0.15) is 121 Å². The van der Waals surface area contributed by atoms with E-state index in [1.165, 1.54) is 0 Å². The minimum atomic E-state index is -3.98. The lowest BCUT2D eigenvalue weighted by Gasteiger charge is -2.37. The van der Waals surface area contributed by atoms with E-state index in [4.69, 9.17) is 19.2 Å². The number of benzene rings is 1. The number of sulfonamides is 1. The Morgan fingerprint density at radius 3 is 2.59 bits per heavy atom. The van der Waals surface area contributed by atoms with Crippen LogP contribution in [0.5, 0.6) is 11.5 Å². The fourth-order valence-electron chi connectivity index (χ4n) is 8.94. The number of nitrogens with one attached hydrogen (secondary N) is 2. The molecule has 3 saturated carbocycles. The van der Waals surface area contributed by atoms with E-state index < -0.39 is 61.6 Å². The Labute approximate surface area is 328 Å². The lowest BCUT2D eigenvalue weighted by molar-refractivity contribution is -0.153. The van der Waals surface area contributed by atoms with Crippen LogP contribution in [0.3, 0.4) is 0 Å². The highest BCUT2D eigenvalue weighted by atomic mass is 32.2. The zero-order chi connectivity index (χ0) is 39.6. The molecule has 56 heavy (non-hydrogen) atoms. The van der Waals surface area contributed by atoms with Gasteiger partial charge in [-0.3, -0.25) is 23.9 Å². The van der Waals surface area contributed by atoms with Gasteiger partial charge in [-0.05, 0) is 97.1 Å². The maximum atomic E-state index is 14.8. The summed E-state index contributed by atoms with van der Waals surface area (Å²) in [4.78, 5) is 63.3. The second-order valence-electron chi connectivity index (χ2n) is 17.6. The Hall–Kier alpha value is -4.20. The van der Waals surface area contributed by atoms with Crippen molar-refractivity contribution in [3.8, 4) is 11.5 Å². The minimum absolute atomic E-state index is 0.110. The van der Waals surface area contributed by atoms with Crippen molar-refractivity contribution in [2.75, 3.05) is 13.7 Å². The Bertz CT molecular complexity index is 2090. The van der Waals surface area contributed by atoms with Gasteiger partial charge in [0, 0.05) is 41.2 Å². The van der Waals surface area contributed by atoms with Crippen molar-refractivity contribution in [3.63, 3.8) is 0 Å². The number of hydrogen-bond acceptors (Lipinski definition) is 10. The molecular weight excluding hydrogens is 737 g/mol. The molecular formula is C42H54N4O9S. The molecule has 1 aromatic carbocycles. The monoisotopic (exact) mass is 790 g/mol. The lowest BCUT2D eigenvalue weighted by atomic mass is 9.86. The largest absolute Gasteiger partial charge is 0.497 e. The molecule has 0 radical (unpaired) electrons. The number of esters is 1. The van der Waals surface area contributed by atoms with Crippen LogP contribution < -0.4 is 19.5 Å². The Kier molecular flexibility index (Phi) is 9.89. The van der Waals surface area contributed by atoms with Crippen molar-refractivity contribution < 1.29 is 41.8 Å². The molecule has 4 heterocycles. The Balaban J connectivity index is 1.15. The topological polar surface area (TPSA) is 170 Å². The van der Waals surface area contributed by atoms with Crippen molar-refractivity contribution in [2.24, 2.45) is 11.8 Å². The highest BCUT2D eigenvalue weighted by Crippen LogP contribution is 2.52. The third kappa shape index (κ3) is 7.26. The van der Waals surface area contributed by atoms with Gasteiger partial charge >= 0.3 is 5.97 Å².